The lowest BCUT2D eigenvalue weighted by Crippen LogP contribution is -2.41. The fourth-order valence-electron chi connectivity index (χ4n) is 2.61. The first kappa shape index (κ1) is 13.4. The molecule has 0 bridgehead atoms. The molecular weight excluding hydrogens is 250 g/mol. The Morgan fingerprint density at radius 2 is 2.06 bits per heavy atom. The average molecular weight is 268 g/mol. The zero-order valence-electron chi connectivity index (χ0n) is 10.7. The van der Waals surface area contributed by atoms with Crippen LogP contribution < -0.4 is 0 Å². The van der Waals surface area contributed by atoms with Gasteiger partial charge in [-0.05, 0) is 43.6 Å². The van der Waals surface area contributed by atoms with E-state index >= 15 is 0 Å². The molecule has 2 atom stereocenters. The molecule has 0 N–H and O–H groups in total. The van der Waals surface area contributed by atoms with E-state index in [0.717, 1.165) is 24.5 Å². The van der Waals surface area contributed by atoms with E-state index in [1.165, 1.54) is 12.7 Å². The van der Waals surface area contributed by atoms with Crippen molar-refractivity contribution >= 4 is 17.6 Å². The van der Waals surface area contributed by atoms with Gasteiger partial charge < -0.3 is 9.64 Å². The Morgan fingerprint density at radius 3 is 2.67 bits per heavy atom. The van der Waals surface area contributed by atoms with Gasteiger partial charge in [-0.15, -0.1) is 0 Å². The van der Waals surface area contributed by atoms with Gasteiger partial charge in [0.25, 0.3) is 0 Å². The Balaban J connectivity index is 2.23. The smallest absolute Gasteiger partial charge is 0.310 e. The molecule has 98 valence electrons. The van der Waals surface area contributed by atoms with E-state index in [1.54, 1.807) is 0 Å². The first-order valence-corrected chi connectivity index (χ1v) is 6.51. The number of hydrogen-bond acceptors (Lipinski definition) is 3. The van der Waals surface area contributed by atoms with Crippen molar-refractivity contribution in [1.82, 2.24) is 4.90 Å². The van der Waals surface area contributed by atoms with E-state index in [0.29, 0.717) is 0 Å². The second-order valence-electron chi connectivity index (χ2n) is 4.84. The molecule has 0 saturated carbocycles. The largest absolute Gasteiger partial charge is 0.469 e. The minimum Gasteiger partial charge on any atom is -0.469 e. The zero-order chi connectivity index (χ0) is 13.1. The van der Waals surface area contributed by atoms with Crippen molar-refractivity contribution in [3.8, 4) is 0 Å². The lowest BCUT2D eigenvalue weighted by molar-refractivity contribution is -0.148. The summed E-state index contributed by atoms with van der Waals surface area (Å²) in [5.74, 6) is 0.0161. The van der Waals surface area contributed by atoms with E-state index in [-0.39, 0.29) is 17.8 Å². The number of hydrogen-bond donors (Lipinski definition) is 0. The molecule has 1 aliphatic heterocycles. The third kappa shape index (κ3) is 2.85. The Kier molecular flexibility index (Phi) is 4.25. The summed E-state index contributed by atoms with van der Waals surface area (Å²) in [4.78, 5) is 14.1. The van der Waals surface area contributed by atoms with E-state index < -0.39 is 0 Å². The van der Waals surface area contributed by atoms with Crippen molar-refractivity contribution < 1.29 is 9.53 Å². The second kappa shape index (κ2) is 5.72. The summed E-state index contributed by atoms with van der Waals surface area (Å²) in [6, 6.07) is 7.77. The van der Waals surface area contributed by atoms with Gasteiger partial charge in [0.05, 0.1) is 13.0 Å². The van der Waals surface area contributed by atoms with Gasteiger partial charge in [0.15, 0.2) is 0 Å². The van der Waals surface area contributed by atoms with Crippen LogP contribution in [-0.2, 0) is 9.53 Å². The first-order chi connectivity index (χ1) is 8.61. The number of benzene rings is 1. The number of likely N-dealkylation sites (tertiary alicyclic amines) is 1. The Bertz CT molecular complexity index is 418. The Labute approximate surface area is 113 Å². The number of rotatable bonds is 2. The quantitative estimate of drug-likeness (QED) is 0.772. The van der Waals surface area contributed by atoms with E-state index in [1.807, 2.05) is 31.3 Å². The number of ether oxygens (including phenoxy) is 1. The molecule has 1 fully saturated rings. The third-order valence-electron chi connectivity index (χ3n) is 3.62. The second-order valence-corrected chi connectivity index (χ2v) is 5.28. The van der Waals surface area contributed by atoms with Crippen molar-refractivity contribution in [2.45, 2.75) is 12.3 Å². The number of carbonyl (C=O) groups is 1. The van der Waals surface area contributed by atoms with Crippen molar-refractivity contribution in [2.24, 2.45) is 5.92 Å². The van der Waals surface area contributed by atoms with Gasteiger partial charge in [0.1, 0.15) is 0 Å². The first-order valence-electron chi connectivity index (χ1n) is 6.13. The summed E-state index contributed by atoms with van der Waals surface area (Å²) >= 11 is 5.90. The molecule has 0 amide bonds. The van der Waals surface area contributed by atoms with Gasteiger partial charge in [0, 0.05) is 11.6 Å². The van der Waals surface area contributed by atoms with Crippen LogP contribution in [0.25, 0.3) is 0 Å². The summed E-state index contributed by atoms with van der Waals surface area (Å²) in [5, 5.41) is 0.723. The predicted octanol–water partition coefficient (Wildman–Crippen LogP) is 2.55. The van der Waals surface area contributed by atoms with Gasteiger partial charge in [-0.1, -0.05) is 23.7 Å². The average Bonchev–Trinajstić information content (AvgIpc) is 2.39. The maximum absolute atomic E-state index is 11.9. The molecule has 1 heterocycles. The molecule has 1 aliphatic rings. The van der Waals surface area contributed by atoms with Crippen LogP contribution in [0.1, 0.15) is 17.9 Å². The monoisotopic (exact) mass is 267 g/mol. The molecule has 0 unspecified atom stereocenters. The molecule has 1 aromatic rings. The number of piperidine rings is 1. The highest BCUT2D eigenvalue weighted by molar-refractivity contribution is 6.30. The van der Waals surface area contributed by atoms with Gasteiger partial charge >= 0.3 is 5.97 Å². The minimum atomic E-state index is -0.124. The lowest BCUT2D eigenvalue weighted by atomic mass is 9.80. The van der Waals surface area contributed by atoms with Crippen molar-refractivity contribution in [3.05, 3.63) is 34.9 Å². The highest BCUT2D eigenvalue weighted by atomic mass is 35.5. The number of methoxy groups -OCH3 is 1. The maximum Gasteiger partial charge on any atom is 0.310 e. The minimum absolute atomic E-state index is 0.0880. The summed E-state index contributed by atoms with van der Waals surface area (Å²) < 4.78 is 4.92. The number of carbonyl (C=O) groups excluding carboxylic acids is 1. The Hall–Kier alpha value is -1.06. The van der Waals surface area contributed by atoms with Crippen LogP contribution in [0.15, 0.2) is 24.3 Å². The predicted molar refractivity (Wildman–Crippen MR) is 71.8 cm³/mol. The van der Waals surface area contributed by atoms with Crippen LogP contribution in [-0.4, -0.2) is 38.1 Å². The summed E-state index contributed by atoms with van der Waals surface area (Å²) in [6.45, 7) is 1.75. The Morgan fingerprint density at radius 1 is 1.39 bits per heavy atom. The molecular formula is C14H18ClNO2. The van der Waals surface area contributed by atoms with Crippen LogP contribution in [0, 0.1) is 5.92 Å². The molecule has 2 rings (SSSR count). The third-order valence-corrected chi connectivity index (χ3v) is 3.87. The normalized spacial score (nSPS) is 24.8. The van der Waals surface area contributed by atoms with E-state index in [9.17, 15) is 4.79 Å². The standard InChI is InChI=1S/C14H18ClNO2/c1-16-8-7-12(13(9-16)14(17)18-2)10-3-5-11(15)6-4-10/h3-6,12-13H,7-9H2,1-2H3/t12-,13-/m1/s1. The van der Waals surface area contributed by atoms with Crippen LogP contribution >= 0.6 is 11.6 Å². The van der Waals surface area contributed by atoms with Crippen LogP contribution in [0.2, 0.25) is 5.02 Å². The molecule has 0 aliphatic carbocycles. The van der Waals surface area contributed by atoms with Gasteiger partial charge in [-0.3, -0.25) is 4.79 Å². The van der Waals surface area contributed by atoms with Crippen molar-refractivity contribution in [2.75, 3.05) is 27.2 Å². The number of halogens is 1. The zero-order valence-corrected chi connectivity index (χ0v) is 11.5. The molecule has 0 aromatic heterocycles. The summed E-state index contributed by atoms with van der Waals surface area (Å²) in [6.07, 6.45) is 0.970. The molecule has 18 heavy (non-hydrogen) atoms. The van der Waals surface area contributed by atoms with Gasteiger partial charge in [-0.25, -0.2) is 0 Å². The SMILES string of the molecule is COC(=O)[C@@H]1CN(C)CC[C@@H]1c1ccc(Cl)cc1. The maximum atomic E-state index is 11.9. The van der Waals surface area contributed by atoms with Crippen LogP contribution in [0.4, 0.5) is 0 Å². The van der Waals surface area contributed by atoms with Crippen LogP contribution in [0.3, 0.4) is 0 Å². The van der Waals surface area contributed by atoms with Crippen LogP contribution in [0.5, 0.6) is 0 Å². The fourth-order valence-corrected chi connectivity index (χ4v) is 2.74. The topological polar surface area (TPSA) is 29.5 Å². The molecule has 1 saturated heterocycles. The number of nitrogens with zero attached hydrogens (tertiary/aromatic N) is 1. The summed E-state index contributed by atoms with van der Waals surface area (Å²) in [7, 11) is 3.49. The molecule has 0 spiro atoms. The van der Waals surface area contributed by atoms with Crippen molar-refractivity contribution in [1.29, 1.82) is 0 Å². The molecule has 0 radical (unpaired) electrons. The molecule has 3 nitrogen and oxygen atoms in total. The van der Waals surface area contributed by atoms with E-state index in [4.69, 9.17) is 16.3 Å². The van der Waals surface area contributed by atoms with Gasteiger partial charge in [0.2, 0.25) is 0 Å². The highest BCUT2D eigenvalue weighted by Gasteiger charge is 2.34. The summed E-state index contributed by atoms with van der Waals surface area (Å²) in [5.41, 5.74) is 1.17. The van der Waals surface area contributed by atoms with E-state index in [2.05, 4.69) is 4.90 Å². The van der Waals surface area contributed by atoms with Crippen molar-refractivity contribution in [3.63, 3.8) is 0 Å². The van der Waals surface area contributed by atoms with Gasteiger partial charge in [-0.2, -0.15) is 0 Å². The molecule has 4 heteroatoms. The highest BCUT2D eigenvalue weighted by Crippen LogP contribution is 2.33. The number of esters is 1. The molecule has 1 aromatic carbocycles. The lowest BCUT2D eigenvalue weighted by Gasteiger charge is -2.35. The fraction of sp³-hybridized carbons (Fsp3) is 0.500.